The number of nitrogens with zero attached hydrogens (tertiary/aromatic N) is 5. The van der Waals surface area contributed by atoms with Crippen molar-refractivity contribution >= 4 is 52.9 Å². The molecule has 49 heavy (non-hydrogen) atoms. The number of nitrogens with one attached hydrogen (secondary N) is 1. The Morgan fingerprint density at radius 2 is 1.27 bits per heavy atom. The van der Waals surface area contributed by atoms with Gasteiger partial charge in [0.25, 0.3) is 11.8 Å². The largest absolute Gasteiger partial charge is 0.469 e. The number of esters is 2. The van der Waals surface area contributed by atoms with Crippen LogP contribution in [0.15, 0.2) is 10.3 Å². The minimum Gasteiger partial charge on any atom is -0.469 e. The summed E-state index contributed by atoms with van der Waals surface area (Å²) in [6.45, 7) is 3.75. The Morgan fingerprint density at radius 3 is 1.78 bits per heavy atom. The number of carbonyl (C=O) groups is 2. The first-order valence-electron chi connectivity index (χ1n) is 16.2. The number of aromatic nitrogens is 4. The van der Waals surface area contributed by atoms with Crippen LogP contribution in [0, 0.1) is 35.5 Å². The molecule has 1 N–H and O–H groups in total. The Hall–Kier alpha value is -2.43. The van der Waals surface area contributed by atoms with E-state index in [0.29, 0.717) is 70.2 Å². The summed E-state index contributed by atoms with van der Waals surface area (Å²) < 4.78 is 64.1. The molecule has 0 amide bonds. The fourth-order valence-electron chi connectivity index (χ4n) is 7.72. The molecule has 2 unspecified atom stereocenters. The summed E-state index contributed by atoms with van der Waals surface area (Å²) in [6.07, 6.45) is 4.79. The summed E-state index contributed by atoms with van der Waals surface area (Å²) in [5, 5.41) is 4.16. The van der Waals surface area contributed by atoms with Gasteiger partial charge in [0.2, 0.25) is 0 Å². The van der Waals surface area contributed by atoms with Crippen LogP contribution in [0.3, 0.4) is 0 Å². The van der Waals surface area contributed by atoms with Crippen LogP contribution >= 0.6 is 35.1 Å². The van der Waals surface area contributed by atoms with Crippen LogP contribution < -0.4 is 10.2 Å². The summed E-state index contributed by atoms with van der Waals surface area (Å²) in [6, 6.07) is 0. The lowest BCUT2D eigenvalue weighted by Gasteiger charge is -2.24. The first kappa shape index (κ1) is 36.4. The molecule has 268 valence electrons. The zero-order valence-corrected chi connectivity index (χ0v) is 30.0. The van der Waals surface area contributed by atoms with E-state index in [1.54, 1.807) is 12.5 Å². The van der Waals surface area contributed by atoms with Gasteiger partial charge in [0.1, 0.15) is 22.4 Å². The molecule has 2 aromatic heterocycles. The van der Waals surface area contributed by atoms with Gasteiger partial charge in [-0.1, -0.05) is 35.1 Å². The Labute approximate surface area is 295 Å². The third kappa shape index (κ3) is 7.48. The van der Waals surface area contributed by atoms with Gasteiger partial charge in [-0.15, -0.1) is 0 Å². The fourth-order valence-corrected chi connectivity index (χ4v) is 8.76. The van der Waals surface area contributed by atoms with E-state index >= 15 is 0 Å². The number of carbonyl (C=O) groups excluding carboxylic acids is 2. The lowest BCUT2D eigenvalue weighted by Crippen LogP contribution is -2.27. The number of fused-ring (bicyclic) bond motifs is 4. The molecule has 8 rings (SSSR count). The average Bonchev–Trinajstić information content (AvgIpc) is 3.52. The summed E-state index contributed by atoms with van der Waals surface area (Å²) in [5.74, 6) is -1.83. The normalized spacial score (nSPS) is 28.6. The number of methoxy groups -OCH3 is 2. The van der Waals surface area contributed by atoms with E-state index in [4.69, 9.17) is 16.3 Å². The van der Waals surface area contributed by atoms with Crippen molar-refractivity contribution < 1.29 is 36.6 Å². The Kier molecular flexibility index (Phi) is 10.6. The molecule has 4 fully saturated rings. The molecule has 4 heterocycles. The Balaban J connectivity index is 0.000000141. The van der Waals surface area contributed by atoms with Gasteiger partial charge < -0.3 is 19.7 Å². The van der Waals surface area contributed by atoms with Crippen molar-refractivity contribution in [1.29, 1.82) is 0 Å². The second kappa shape index (κ2) is 14.3. The number of halogens is 5. The van der Waals surface area contributed by atoms with Crippen molar-refractivity contribution in [2.24, 2.45) is 35.5 Å². The molecule has 0 radical (unpaired) electrons. The van der Waals surface area contributed by atoms with E-state index < -0.39 is 11.8 Å². The van der Waals surface area contributed by atoms with Gasteiger partial charge in [0, 0.05) is 49.9 Å². The van der Waals surface area contributed by atoms with Crippen molar-refractivity contribution in [3.05, 3.63) is 27.7 Å². The summed E-state index contributed by atoms with van der Waals surface area (Å²) >= 11 is 8.28. The number of thioether (sulfide) groups is 2. The highest BCUT2D eigenvalue weighted by molar-refractivity contribution is 7.98. The second-order valence-electron chi connectivity index (χ2n) is 13.2. The van der Waals surface area contributed by atoms with E-state index in [1.165, 1.54) is 37.7 Å². The lowest BCUT2D eigenvalue weighted by molar-refractivity contribution is -0.142. The van der Waals surface area contributed by atoms with E-state index in [2.05, 4.69) is 34.9 Å². The van der Waals surface area contributed by atoms with Crippen molar-refractivity contribution in [3.8, 4) is 0 Å². The van der Waals surface area contributed by atoms with E-state index in [0.717, 1.165) is 38.0 Å². The Morgan fingerprint density at radius 1 is 0.796 bits per heavy atom. The maximum atomic E-state index is 14.1. The van der Waals surface area contributed by atoms with Gasteiger partial charge in [-0.25, -0.2) is 19.9 Å². The second-order valence-corrected chi connectivity index (χ2v) is 15.1. The SMILES string of the molecule is COC(=O)CC1[C@H]2CN(c3nc(SC)nc4c3CCC4(F)F)C[C@@H]12.COC(=O)CC1[C@H]2CNC[C@@H]12.CSc1nc(Cl)c2c(n1)C(F)(F)CC2. The molecule has 2 aliphatic heterocycles. The average molecular weight is 747 g/mol. The first-order valence-corrected chi connectivity index (χ1v) is 19.1. The standard InChI is InChI=1S/C16H19F2N3O2S.C8H7ClF2N2S.C8H13NO2/c1-23-12(22)5-9-10-6-21(7-11(9)10)14-8-3-4-16(17,18)13(8)19-15(20-14)24-2;1-14-7-12-5-4(6(9)13-7)2-3-8(5,10)11;1-11-8(10)2-5-6-3-9-4-7(5)6/h9-11H,3-7H2,1-2H3;2-3H2,1H3;5-7,9H,2-4H2,1H3/t9?,10-,11+;;5?,6-,7+. The summed E-state index contributed by atoms with van der Waals surface area (Å²) in [7, 11) is 2.86. The number of rotatable bonds is 7. The number of anilines is 1. The number of piperidine rings is 2. The van der Waals surface area contributed by atoms with Crippen LogP contribution in [-0.2, 0) is 43.7 Å². The number of hydrogen-bond acceptors (Lipinski definition) is 12. The van der Waals surface area contributed by atoms with Crippen molar-refractivity contribution in [2.75, 3.05) is 57.8 Å². The number of hydrogen-bond donors (Lipinski definition) is 1. The minimum absolute atomic E-state index is 0.0515. The molecular weight excluding hydrogens is 708 g/mol. The van der Waals surface area contributed by atoms with Crippen LogP contribution in [0.2, 0.25) is 5.15 Å². The quantitative estimate of drug-likeness (QED) is 0.129. The Bertz CT molecular complexity index is 1590. The molecule has 2 saturated heterocycles. The van der Waals surface area contributed by atoms with Gasteiger partial charge in [0.05, 0.1) is 14.2 Å². The monoisotopic (exact) mass is 746 g/mol. The molecular formula is C32H39ClF4N6O4S2. The third-order valence-corrected chi connectivity index (χ3v) is 11.9. The molecule has 2 aromatic rings. The summed E-state index contributed by atoms with van der Waals surface area (Å²) in [5.41, 5.74) is 0.712. The van der Waals surface area contributed by atoms with Crippen molar-refractivity contribution in [2.45, 2.75) is 60.7 Å². The van der Waals surface area contributed by atoms with Crippen LogP contribution in [0.4, 0.5) is 23.4 Å². The molecule has 0 spiro atoms. The molecule has 4 aliphatic carbocycles. The van der Waals surface area contributed by atoms with E-state index in [1.807, 2.05) is 0 Å². The van der Waals surface area contributed by atoms with E-state index in [9.17, 15) is 27.2 Å². The van der Waals surface area contributed by atoms with Crippen LogP contribution in [0.25, 0.3) is 0 Å². The molecule has 6 atom stereocenters. The van der Waals surface area contributed by atoms with Crippen LogP contribution in [0.1, 0.15) is 48.2 Å². The molecule has 6 aliphatic rings. The van der Waals surface area contributed by atoms with Gasteiger partial charge in [-0.3, -0.25) is 9.59 Å². The highest BCUT2D eigenvalue weighted by Gasteiger charge is 2.57. The topological polar surface area (TPSA) is 119 Å². The van der Waals surface area contributed by atoms with Crippen LogP contribution in [-0.4, -0.2) is 84.8 Å². The zero-order valence-electron chi connectivity index (χ0n) is 27.6. The highest BCUT2D eigenvalue weighted by atomic mass is 35.5. The lowest BCUT2D eigenvalue weighted by atomic mass is 10.1. The van der Waals surface area contributed by atoms with Gasteiger partial charge in [0.15, 0.2) is 10.3 Å². The maximum Gasteiger partial charge on any atom is 0.305 e. The highest BCUT2D eigenvalue weighted by Crippen LogP contribution is 2.55. The van der Waals surface area contributed by atoms with Gasteiger partial charge >= 0.3 is 11.9 Å². The molecule has 0 aromatic carbocycles. The summed E-state index contributed by atoms with van der Waals surface area (Å²) in [4.78, 5) is 40.7. The maximum absolute atomic E-state index is 14.1. The number of ether oxygens (including phenoxy) is 2. The first-order chi connectivity index (χ1) is 23.3. The van der Waals surface area contributed by atoms with Crippen molar-refractivity contribution in [3.63, 3.8) is 0 Å². The fraction of sp³-hybridized carbons (Fsp3) is 0.688. The molecule has 10 nitrogen and oxygen atoms in total. The van der Waals surface area contributed by atoms with Gasteiger partial charge in [-0.05, 0) is 74.0 Å². The van der Waals surface area contributed by atoms with E-state index in [-0.39, 0.29) is 47.7 Å². The predicted octanol–water partition coefficient (Wildman–Crippen LogP) is 5.39. The number of alkyl halides is 4. The molecule has 0 bridgehead atoms. The minimum atomic E-state index is -2.85. The molecule has 17 heteroatoms. The van der Waals surface area contributed by atoms with Gasteiger partial charge in [-0.2, -0.15) is 17.6 Å². The third-order valence-electron chi connectivity index (χ3n) is 10.5. The molecule has 2 saturated carbocycles. The van der Waals surface area contributed by atoms with Crippen LogP contribution in [0.5, 0.6) is 0 Å². The predicted molar refractivity (Wildman–Crippen MR) is 176 cm³/mol. The zero-order chi connectivity index (χ0) is 35.2. The smallest absolute Gasteiger partial charge is 0.305 e. The van der Waals surface area contributed by atoms with Crippen molar-refractivity contribution in [1.82, 2.24) is 25.3 Å².